The lowest BCUT2D eigenvalue weighted by Gasteiger charge is -2.33. The Labute approximate surface area is 216 Å². The highest BCUT2D eigenvalue weighted by Gasteiger charge is 2.40. The van der Waals surface area contributed by atoms with Gasteiger partial charge in [-0.15, -0.1) is 0 Å². The van der Waals surface area contributed by atoms with Crippen LogP contribution < -0.4 is 11.1 Å². The molecule has 4 rings (SSSR count). The SMILES string of the molecule is CC(Nc1cc(C2=CCN(C(=O)C3(N)CCCC3)CC2)ccc1C(=N)C#N)c1ccc(Cl)cc1Cl. The number of hydrogen-bond acceptors (Lipinski definition) is 5. The van der Waals surface area contributed by atoms with Crippen LogP contribution in [0.3, 0.4) is 0 Å². The molecule has 1 unspecified atom stereocenters. The number of carbonyl (C=O) groups excluding carboxylic acids is 1. The van der Waals surface area contributed by atoms with E-state index in [-0.39, 0.29) is 17.7 Å². The molecule has 1 amide bonds. The third kappa shape index (κ3) is 5.38. The molecule has 0 saturated heterocycles. The van der Waals surface area contributed by atoms with E-state index in [2.05, 4.69) is 11.4 Å². The number of halogens is 2. The first kappa shape index (κ1) is 25.2. The molecule has 4 N–H and O–H groups in total. The Kier molecular flexibility index (Phi) is 7.51. The Balaban J connectivity index is 1.57. The molecule has 1 aliphatic heterocycles. The molecule has 1 atom stereocenters. The molecule has 2 aromatic rings. The maximum Gasteiger partial charge on any atom is 0.242 e. The van der Waals surface area contributed by atoms with Crippen molar-refractivity contribution in [2.45, 2.75) is 50.6 Å². The van der Waals surface area contributed by atoms with Gasteiger partial charge in [-0.05, 0) is 67.2 Å². The predicted molar refractivity (Wildman–Crippen MR) is 142 cm³/mol. The summed E-state index contributed by atoms with van der Waals surface area (Å²) in [6.45, 7) is 3.12. The molecule has 8 heteroatoms. The van der Waals surface area contributed by atoms with Crippen LogP contribution in [-0.4, -0.2) is 35.1 Å². The maximum absolute atomic E-state index is 13.0. The summed E-state index contributed by atoms with van der Waals surface area (Å²) < 4.78 is 0. The maximum atomic E-state index is 13.0. The molecule has 0 radical (unpaired) electrons. The molecule has 2 aromatic carbocycles. The van der Waals surface area contributed by atoms with Crippen LogP contribution in [0.25, 0.3) is 5.57 Å². The average molecular weight is 510 g/mol. The lowest BCUT2D eigenvalue weighted by atomic mass is 9.93. The van der Waals surface area contributed by atoms with Gasteiger partial charge >= 0.3 is 0 Å². The Morgan fingerprint density at radius 1 is 1.23 bits per heavy atom. The Hall–Kier alpha value is -2.85. The molecular weight excluding hydrogens is 481 g/mol. The minimum atomic E-state index is -0.708. The number of nitrogens with zero attached hydrogens (tertiary/aromatic N) is 2. The fourth-order valence-electron chi connectivity index (χ4n) is 4.96. The van der Waals surface area contributed by atoms with Gasteiger partial charge in [0.25, 0.3) is 0 Å². The van der Waals surface area contributed by atoms with Gasteiger partial charge in [0, 0.05) is 34.4 Å². The molecule has 35 heavy (non-hydrogen) atoms. The second-order valence-electron chi connectivity index (χ2n) is 9.37. The molecule has 1 fully saturated rings. The van der Waals surface area contributed by atoms with Crippen molar-refractivity contribution >= 4 is 46.1 Å². The molecule has 182 valence electrons. The third-order valence-corrected chi connectivity index (χ3v) is 7.55. The summed E-state index contributed by atoms with van der Waals surface area (Å²) in [6.07, 6.45) is 6.34. The zero-order valence-electron chi connectivity index (χ0n) is 19.7. The van der Waals surface area contributed by atoms with E-state index in [0.29, 0.717) is 34.4 Å². The molecular formula is C27H29Cl2N5O. The molecule has 1 heterocycles. The van der Waals surface area contributed by atoms with E-state index in [9.17, 15) is 10.1 Å². The minimum Gasteiger partial charge on any atom is -0.378 e. The van der Waals surface area contributed by atoms with Crippen LogP contribution >= 0.6 is 23.2 Å². The molecule has 0 aromatic heterocycles. The zero-order chi connectivity index (χ0) is 25.2. The summed E-state index contributed by atoms with van der Waals surface area (Å²) in [7, 11) is 0. The van der Waals surface area contributed by atoms with Gasteiger partial charge < -0.3 is 16.0 Å². The van der Waals surface area contributed by atoms with Gasteiger partial charge in [-0.2, -0.15) is 5.26 Å². The lowest BCUT2D eigenvalue weighted by molar-refractivity contribution is -0.136. The van der Waals surface area contributed by atoms with Crippen molar-refractivity contribution < 1.29 is 4.79 Å². The topological polar surface area (TPSA) is 106 Å². The number of nitrogens with two attached hydrogens (primary N) is 1. The largest absolute Gasteiger partial charge is 0.378 e. The van der Waals surface area contributed by atoms with E-state index in [1.165, 1.54) is 0 Å². The second-order valence-corrected chi connectivity index (χ2v) is 10.2. The number of benzene rings is 2. The number of carbonyl (C=O) groups is 1. The van der Waals surface area contributed by atoms with Gasteiger partial charge in [-0.3, -0.25) is 10.2 Å². The Bertz CT molecular complexity index is 1230. The molecule has 0 spiro atoms. The standard InChI is InChI=1S/C27H29Cl2N5O/c1-17(21-7-5-20(28)15-23(21)29)33-25-14-19(4-6-22(25)24(31)16-30)18-8-12-34(13-9-18)26(35)27(32)10-2-3-11-27/h4-8,14-15,17,31,33H,2-3,9-13,32H2,1H3. The lowest BCUT2D eigenvalue weighted by Crippen LogP contribution is -2.54. The first-order valence-electron chi connectivity index (χ1n) is 11.8. The number of anilines is 1. The molecule has 0 bridgehead atoms. The van der Waals surface area contributed by atoms with Crippen LogP contribution in [0.2, 0.25) is 10.0 Å². The van der Waals surface area contributed by atoms with E-state index >= 15 is 0 Å². The van der Waals surface area contributed by atoms with Crippen LogP contribution in [0.1, 0.15) is 61.8 Å². The van der Waals surface area contributed by atoms with Gasteiger partial charge in [0.1, 0.15) is 11.8 Å². The average Bonchev–Trinajstić information content (AvgIpc) is 3.30. The zero-order valence-corrected chi connectivity index (χ0v) is 21.2. The summed E-state index contributed by atoms with van der Waals surface area (Å²) in [6, 6.07) is 12.8. The first-order chi connectivity index (χ1) is 16.7. The number of hydrogen-bond donors (Lipinski definition) is 3. The van der Waals surface area contributed by atoms with Gasteiger partial charge in [0.05, 0.1) is 11.6 Å². The van der Waals surface area contributed by atoms with Crippen molar-refractivity contribution in [2.75, 3.05) is 18.4 Å². The number of nitrogens with one attached hydrogen (secondary N) is 2. The highest BCUT2D eigenvalue weighted by Crippen LogP contribution is 2.34. The van der Waals surface area contributed by atoms with Crippen molar-refractivity contribution in [2.24, 2.45) is 5.73 Å². The molecule has 1 aliphatic carbocycles. The summed E-state index contributed by atoms with van der Waals surface area (Å²) in [5.74, 6) is 0.0548. The first-order valence-corrected chi connectivity index (χ1v) is 12.6. The van der Waals surface area contributed by atoms with Gasteiger partial charge in [-0.25, -0.2) is 0 Å². The van der Waals surface area contributed by atoms with Crippen LogP contribution in [0.5, 0.6) is 0 Å². The normalized spacial score (nSPS) is 17.9. The number of amides is 1. The monoisotopic (exact) mass is 509 g/mol. The Morgan fingerprint density at radius 2 is 1.97 bits per heavy atom. The van der Waals surface area contributed by atoms with E-state index in [4.69, 9.17) is 34.3 Å². The van der Waals surface area contributed by atoms with Crippen LogP contribution in [0.4, 0.5) is 5.69 Å². The third-order valence-electron chi connectivity index (χ3n) is 6.99. The molecule has 2 aliphatic rings. The number of rotatable bonds is 6. The van der Waals surface area contributed by atoms with E-state index in [1.807, 2.05) is 36.1 Å². The summed E-state index contributed by atoms with van der Waals surface area (Å²) >= 11 is 12.4. The van der Waals surface area contributed by atoms with Crippen molar-refractivity contribution in [1.29, 1.82) is 10.7 Å². The van der Waals surface area contributed by atoms with Crippen molar-refractivity contribution in [3.63, 3.8) is 0 Å². The highest BCUT2D eigenvalue weighted by atomic mass is 35.5. The van der Waals surface area contributed by atoms with Crippen LogP contribution in [0.15, 0.2) is 42.5 Å². The molecule has 6 nitrogen and oxygen atoms in total. The summed E-state index contributed by atoms with van der Waals surface area (Å²) in [5, 5.41) is 22.0. The van der Waals surface area contributed by atoms with E-state index in [0.717, 1.165) is 48.8 Å². The van der Waals surface area contributed by atoms with Crippen molar-refractivity contribution in [3.05, 3.63) is 69.2 Å². The second kappa shape index (κ2) is 10.4. The van der Waals surface area contributed by atoms with Crippen molar-refractivity contribution in [3.8, 4) is 6.07 Å². The predicted octanol–water partition coefficient (Wildman–Crippen LogP) is 5.95. The Morgan fingerprint density at radius 3 is 2.60 bits per heavy atom. The fourth-order valence-corrected chi connectivity index (χ4v) is 5.53. The smallest absolute Gasteiger partial charge is 0.242 e. The highest BCUT2D eigenvalue weighted by molar-refractivity contribution is 6.35. The van der Waals surface area contributed by atoms with Gasteiger partial charge in [-0.1, -0.05) is 54.3 Å². The quantitative estimate of drug-likeness (QED) is 0.418. The minimum absolute atomic E-state index is 0.0548. The van der Waals surface area contributed by atoms with Gasteiger partial charge in [0.15, 0.2) is 0 Å². The summed E-state index contributed by atoms with van der Waals surface area (Å²) in [5.41, 5.74) is 9.75. The molecule has 1 saturated carbocycles. The fraction of sp³-hybridized carbons (Fsp3) is 0.370. The van der Waals surface area contributed by atoms with Crippen LogP contribution in [-0.2, 0) is 4.79 Å². The number of nitriles is 1. The van der Waals surface area contributed by atoms with Gasteiger partial charge in [0.2, 0.25) is 5.91 Å². The van der Waals surface area contributed by atoms with E-state index in [1.54, 1.807) is 18.2 Å². The summed E-state index contributed by atoms with van der Waals surface area (Å²) in [4.78, 5) is 14.8. The van der Waals surface area contributed by atoms with Crippen LogP contribution in [0, 0.1) is 16.7 Å². The van der Waals surface area contributed by atoms with E-state index < -0.39 is 5.54 Å². The van der Waals surface area contributed by atoms with Crippen molar-refractivity contribution in [1.82, 2.24) is 4.90 Å².